The second-order valence-corrected chi connectivity index (χ2v) is 9.72. The highest BCUT2D eigenvalue weighted by Crippen LogP contribution is 2.63. The van der Waals surface area contributed by atoms with Crippen LogP contribution >= 0.6 is 0 Å². The fourth-order valence-electron chi connectivity index (χ4n) is 1.98. The maximum Gasteiger partial charge on any atom is 0.283 e. The summed E-state index contributed by atoms with van der Waals surface area (Å²) in [5.41, 5.74) is -0.749. The van der Waals surface area contributed by atoms with E-state index >= 15 is 0 Å². The molecule has 4 heteroatoms. The summed E-state index contributed by atoms with van der Waals surface area (Å²) in [6.07, 6.45) is -0.186. The number of alkyl halides is 2. The Morgan fingerprint density at radius 3 is 2.00 bits per heavy atom. The molecule has 0 spiro atoms. The van der Waals surface area contributed by atoms with Gasteiger partial charge in [0.25, 0.3) is 5.92 Å². The van der Waals surface area contributed by atoms with E-state index in [2.05, 4.69) is 0 Å². The summed E-state index contributed by atoms with van der Waals surface area (Å²) in [7, 11) is -1.98. The first-order valence-corrected chi connectivity index (χ1v) is 8.81. The van der Waals surface area contributed by atoms with Crippen LogP contribution in [0.1, 0.15) is 12.0 Å². The molecule has 1 aliphatic rings. The zero-order valence-electron chi connectivity index (χ0n) is 9.76. The quantitative estimate of drug-likeness (QED) is 0.733. The summed E-state index contributed by atoms with van der Waals surface area (Å²) in [6, 6.07) is 8.83. The smallest absolute Gasteiger partial charge is 0.283 e. The van der Waals surface area contributed by atoms with Crippen LogP contribution in [0.5, 0.6) is 0 Å². The van der Waals surface area contributed by atoms with Gasteiger partial charge in [-0.2, -0.15) is 0 Å². The molecular weight excluding hydrogens is 226 g/mol. The standard InChI is InChI=1S/C12H16F2OSi/c1-16(2,3)15-11(9-12(11,13)14)10-7-5-4-6-8-10/h4-8H,9H2,1-3H3. The van der Waals surface area contributed by atoms with Gasteiger partial charge in [-0.05, 0) is 25.2 Å². The Morgan fingerprint density at radius 1 is 1.12 bits per heavy atom. The average Bonchev–Trinajstić information content (AvgIpc) is 2.68. The van der Waals surface area contributed by atoms with Gasteiger partial charge in [-0.15, -0.1) is 0 Å². The van der Waals surface area contributed by atoms with Gasteiger partial charge in [-0.1, -0.05) is 30.3 Å². The van der Waals surface area contributed by atoms with Crippen molar-refractivity contribution in [1.29, 1.82) is 0 Å². The van der Waals surface area contributed by atoms with Crippen molar-refractivity contribution in [1.82, 2.24) is 0 Å². The summed E-state index contributed by atoms with van der Waals surface area (Å²) in [6.45, 7) is 5.81. The lowest BCUT2D eigenvalue weighted by Crippen LogP contribution is -2.35. The molecule has 0 radical (unpaired) electrons. The van der Waals surface area contributed by atoms with Crippen LogP contribution in [-0.2, 0) is 10.0 Å². The highest BCUT2D eigenvalue weighted by Gasteiger charge is 2.74. The highest BCUT2D eigenvalue weighted by atomic mass is 28.4. The van der Waals surface area contributed by atoms with Crippen LogP contribution in [0.2, 0.25) is 19.6 Å². The number of benzene rings is 1. The van der Waals surface area contributed by atoms with Gasteiger partial charge >= 0.3 is 0 Å². The molecule has 0 saturated heterocycles. The van der Waals surface area contributed by atoms with E-state index in [1.807, 2.05) is 25.7 Å². The average molecular weight is 242 g/mol. The molecule has 2 rings (SSSR count). The molecule has 0 bridgehead atoms. The Balaban J connectivity index is 2.33. The lowest BCUT2D eigenvalue weighted by molar-refractivity contribution is 0.00369. The maximum absolute atomic E-state index is 13.6. The van der Waals surface area contributed by atoms with Gasteiger partial charge < -0.3 is 4.43 Å². The van der Waals surface area contributed by atoms with Crippen LogP contribution in [-0.4, -0.2) is 14.2 Å². The predicted octanol–water partition coefficient (Wildman–Crippen LogP) is 3.77. The van der Waals surface area contributed by atoms with Gasteiger partial charge in [0.2, 0.25) is 0 Å². The summed E-state index contributed by atoms with van der Waals surface area (Å²) in [5, 5.41) is 0. The summed E-state index contributed by atoms with van der Waals surface area (Å²) >= 11 is 0. The zero-order valence-corrected chi connectivity index (χ0v) is 10.8. The van der Waals surface area contributed by atoms with Crippen molar-refractivity contribution in [3.8, 4) is 0 Å². The third-order valence-corrected chi connectivity index (χ3v) is 3.62. The topological polar surface area (TPSA) is 9.23 Å². The largest absolute Gasteiger partial charge is 0.402 e. The monoisotopic (exact) mass is 242 g/mol. The first-order chi connectivity index (χ1) is 7.27. The number of hydrogen-bond acceptors (Lipinski definition) is 1. The highest BCUT2D eigenvalue weighted by molar-refractivity contribution is 6.69. The van der Waals surface area contributed by atoms with Gasteiger partial charge in [0.15, 0.2) is 13.9 Å². The Kier molecular flexibility index (Phi) is 2.47. The lowest BCUT2D eigenvalue weighted by Gasteiger charge is -2.27. The van der Waals surface area contributed by atoms with Crippen molar-refractivity contribution in [3.05, 3.63) is 35.9 Å². The minimum atomic E-state index is -2.71. The fraction of sp³-hybridized carbons (Fsp3) is 0.500. The predicted molar refractivity (Wildman–Crippen MR) is 62.1 cm³/mol. The molecule has 16 heavy (non-hydrogen) atoms. The SMILES string of the molecule is C[Si](C)(C)OC1(c2ccccc2)CC1(F)F. The molecule has 1 nitrogen and oxygen atoms in total. The van der Waals surface area contributed by atoms with Crippen LogP contribution < -0.4 is 0 Å². The van der Waals surface area contributed by atoms with Crippen molar-refractivity contribution in [3.63, 3.8) is 0 Å². The van der Waals surface area contributed by atoms with Crippen LogP contribution in [0, 0.1) is 0 Å². The molecule has 0 aromatic heterocycles. The van der Waals surface area contributed by atoms with Crippen molar-refractivity contribution >= 4 is 8.32 Å². The summed E-state index contributed by atoms with van der Waals surface area (Å²) in [4.78, 5) is 0. The van der Waals surface area contributed by atoms with E-state index in [1.165, 1.54) is 0 Å². The molecule has 88 valence electrons. The molecule has 1 aromatic carbocycles. The van der Waals surface area contributed by atoms with Gasteiger partial charge in [0, 0.05) is 0 Å². The van der Waals surface area contributed by atoms with Gasteiger partial charge in [0.1, 0.15) is 0 Å². The molecule has 0 aliphatic heterocycles. The zero-order chi connectivity index (χ0) is 12.0. The van der Waals surface area contributed by atoms with Crippen LogP contribution in [0.3, 0.4) is 0 Å². The molecule has 1 saturated carbocycles. The molecule has 0 heterocycles. The van der Waals surface area contributed by atoms with Crippen molar-refractivity contribution in [2.75, 3.05) is 0 Å². The Morgan fingerprint density at radius 2 is 1.62 bits per heavy atom. The first kappa shape index (κ1) is 11.7. The Bertz CT molecular complexity index is 386. The Labute approximate surface area is 95.6 Å². The second kappa shape index (κ2) is 3.37. The van der Waals surface area contributed by atoms with E-state index in [1.54, 1.807) is 24.3 Å². The van der Waals surface area contributed by atoms with E-state index in [-0.39, 0.29) is 6.42 Å². The minimum absolute atomic E-state index is 0.186. The molecular formula is C12H16F2OSi. The summed E-state index contributed by atoms with van der Waals surface area (Å²) in [5.74, 6) is -2.71. The number of rotatable bonds is 3. The summed E-state index contributed by atoms with van der Waals surface area (Å²) < 4.78 is 32.9. The third-order valence-electron chi connectivity index (χ3n) is 2.66. The van der Waals surface area contributed by atoms with Crippen molar-refractivity contribution < 1.29 is 13.2 Å². The normalized spacial score (nSPS) is 27.8. The molecule has 1 atom stereocenters. The van der Waals surface area contributed by atoms with Gasteiger partial charge in [-0.25, -0.2) is 8.78 Å². The molecule has 0 amide bonds. The van der Waals surface area contributed by atoms with E-state index in [4.69, 9.17) is 4.43 Å². The fourth-order valence-corrected chi connectivity index (χ4v) is 3.37. The van der Waals surface area contributed by atoms with E-state index in [9.17, 15) is 8.78 Å². The molecule has 1 aliphatic carbocycles. The number of hydrogen-bond donors (Lipinski definition) is 0. The van der Waals surface area contributed by atoms with Gasteiger partial charge in [0.05, 0.1) is 6.42 Å². The van der Waals surface area contributed by atoms with Crippen molar-refractivity contribution in [2.24, 2.45) is 0 Å². The molecule has 1 aromatic rings. The van der Waals surface area contributed by atoms with Gasteiger partial charge in [-0.3, -0.25) is 0 Å². The minimum Gasteiger partial charge on any atom is -0.402 e. The van der Waals surface area contributed by atoms with Crippen LogP contribution in [0.4, 0.5) is 8.78 Å². The number of halogens is 2. The van der Waals surface area contributed by atoms with Crippen molar-refractivity contribution in [2.45, 2.75) is 37.6 Å². The lowest BCUT2D eigenvalue weighted by atomic mass is 10.1. The first-order valence-electron chi connectivity index (χ1n) is 5.40. The molecule has 1 fully saturated rings. The van der Waals surface area contributed by atoms with E-state index < -0.39 is 19.8 Å². The molecule has 0 N–H and O–H groups in total. The second-order valence-electron chi connectivity index (χ2n) is 5.29. The maximum atomic E-state index is 13.6. The third kappa shape index (κ3) is 1.91. The van der Waals surface area contributed by atoms with Crippen LogP contribution in [0.25, 0.3) is 0 Å². The van der Waals surface area contributed by atoms with E-state index in [0.29, 0.717) is 5.56 Å². The Hall–Kier alpha value is -0.743. The van der Waals surface area contributed by atoms with E-state index in [0.717, 1.165) is 0 Å². The molecule has 1 unspecified atom stereocenters. The van der Waals surface area contributed by atoms with Crippen LogP contribution in [0.15, 0.2) is 30.3 Å².